The lowest BCUT2D eigenvalue weighted by molar-refractivity contribution is -0.181. The molecule has 1 amide bonds. The molecule has 0 radical (unpaired) electrons. The fraction of sp³-hybridized carbons (Fsp3) is 0.647. The van der Waals surface area contributed by atoms with Crippen LogP contribution < -0.4 is 5.32 Å². The van der Waals surface area contributed by atoms with E-state index in [4.69, 9.17) is 9.57 Å². The number of phenolic OH excluding ortho intramolecular Hbond substituents is 1. The summed E-state index contributed by atoms with van der Waals surface area (Å²) in [5.74, 6) is -1.34. The summed E-state index contributed by atoms with van der Waals surface area (Å²) >= 11 is 0. The zero-order valence-corrected chi connectivity index (χ0v) is 26.3. The van der Waals surface area contributed by atoms with Crippen molar-refractivity contribution in [2.24, 2.45) is 33.7 Å². The first-order valence-corrected chi connectivity index (χ1v) is 16.0. The van der Waals surface area contributed by atoms with Crippen molar-refractivity contribution in [3.05, 3.63) is 41.5 Å². The topological polar surface area (TPSA) is 175 Å². The molecule has 0 aromatic heterocycles. The Kier molecular flexibility index (Phi) is 9.45. The van der Waals surface area contributed by atoms with Crippen LogP contribution in [-0.4, -0.2) is 81.4 Å². The Balaban J connectivity index is 1.23. The molecule has 4 aliphatic carbocycles. The normalized spacial score (nSPS) is 35.3. The number of ether oxygens (including phenoxy) is 1. The van der Waals surface area contributed by atoms with Crippen LogP contribution in [0.1, 0.15) is 71.3 Å². The van der Waals surface area contributed by atoms with Gasteiger partial charge >= 0.3 is 5.97 Å². The number of aromatic hydroxyl groups is 1. The summed E-state index contributed by atoms with van der Waals surface area (Å²) in [6, 6.07) is 5.44. The summed E-state index contributed by atoms with van der Waals surface area (Å²) in [4.78, 5) is 43.3. The number of esters is 1. The molecular weight excluding hydrogens is 580 g/mol. The Morgan fingerprint density at radius 1 is 1.11 bits per heavy atom. The largest absolute Gasteiger partial charge is 0.508 e. The van der Waals surface area contributed by atoms with Crippen LogP contribution in [-0.2, 0) is 30.4 Å². The summed E-state index contributed by atoms with van der Waals surface area (Å²) in [5, 5.41) is 49.0. The highest BCUT2D eigenvalue weighted by atomic mass is 16.6. The predicted molar refractivity (Wildman–Crippen MR) is 164 cm³/mol. The van der Waals surface area contributed by atoms with Crippen molar-refractivity contribution in [2.75, 3.05) is 19.8 Å². The van der Waals surface area contributed by atoms with Crippen LogP contribution in [0.25, 0.3) is 0 Å². The SMILES string of the molecule is CCOC(=O)C(Cc1ccc(O)cc1)NC(=O)CON=C1C=C2CCC3C(C(O)CC4(C)C3CCC4(O)C(=O)CO)C2(C)CC1. The second kappa shape index (κ2) is 12.8. The van der Waals surface area contributed by atoms with Crippen molar-refractivity contribution in [3.8, 4) is 5.75 Å². The van der Waals surface area contributed by atoms with Gasteiger partial charge in [0.1, 0.15) is 24.0 Å². The number of hydrogen-bond donors (Lipinski definition) is 5. The van der Waals surface area contributed by atoms with E-state index in [1.165, 1.54) is 17.7 Å². The first-order chi connectivity index (χ1) is 21.4. The number of carbonyl (C=O) groups excluding carboxylic acids is 3. The van der Waals surface area contributed by atoms with E-state index >= 15 is 0 Å². The highest BCUT2D eigenvalue weighted by Gasteiger charge is 2.68. The molecule has 8 unspecified atom stereocenters. The molecule has 0 aliphatic heterocycles. The molecule has 5 rings (SSSR count). The molecule has 0 bridgehead atoms. The number of aliphatic hydroxyl groups is 3. The molecule has 246 valence electrons. The lowest BCUT2D eigenvalue weighted by Crippen LogP contribution is -2.62. The molecule has 4 aliphatic rings. The number of phenols is 1. The number of aliphatic hydroxyl groups excluding tert-OH is 2. The Morgan fingerprint density at radius 3 is 2.53 bits per heavy atom. The van der Waals surface area contributed by atoms with E-state index in [9.17, 15) is 34.8 Å². The van der Waals surface area contributed by atoms with E-state index in [0.717, 1.165) is 24.8 Å². The number of rotatable bonds is 10. The standard InChI is InChI=1S/C34H46N2O9/c1-4-44-31(42)26(15-20-5-8-23(38)9-6-20)35-29(41)19-45-36-22-11-13-32(2)21(16-22)7-10-24-25-12-14-34(43,28(40)18-37)33(25,3)17-27(39)30(24)32/h5-6,8-9,16,24-27,30,37-39,43H,4,7,10-15,17-19H2,1-3H3,(H,35,41). The van der Waals surface area contributed by atoms with Gasteiger partial charge in [-0.05, 0) is 98.8 Å². The van der Waals surface area contributed by atoms with Crippen LogP contribution in [0.5, 0.6) is 5.75 Å². The quantitative estimate of drug-likeness (QED) is 0.193. The summed E-state index contributed by atoms with van der Waals surface area (Å²) in [7, 11) is 0. The fourth-order valence-electron chi connectivity index (χ4n) is 9.08. The van der Waals surface area contributed by atoms with Crippen molar-refractivity contribution in [2.45, 2.75) is 89.9 Å². The third kappa shape index (κ3) is 6.02. The van der Waals surface area contributed by atoms with E-state index in [1.807, 2.05) is 13.0 Å². The van der Waals surface area contributed by atoms with Crippen molar-refractivity contribution in [1.82, 2.24) is 5.32 Å². The lowest BCUT2D eigenvalue weighted by atomic mass is 9.45. The van der Waals surface area contributed by atoms with Crippen molar-refractivity contribution < 1.29 is 44.4 Å². The minimum atomic E-state index is -1.62. The van der Waals surface area contributed by atoms with Crippen molar-refractivity contribution >= 4 is 23.4 Å². The number of Topliss-reactive ketones (excluding diaryl/α,β-unsaturated/α-hetero) is 1. The molecule has 1 aromatic rings. The third-order valence-corrected chi connectivity index (χ3v) is 11.3. The zero-order valence-electron chi connectivity index (χ0n) is 26.3. The average molecular weight is 627 g/mol. The molecule has 0 saturated heterocycles. The van der Waals surface area contributed by atoms with Gasteiger partial charge in [-0.3, -0.25) is 9.59 Å². The molecular formula is C34H46N2O9. The van der Waals surface area contributed by atoms with Gasteiger partial charge in [-0.2, -0.15) is 0 Å². The van der Waals surface area contributed by atoms with Crippen LogP contribution in [0.15, 0.2) is 41.1 Å². The second-order valence-corrected chi connectivity index (χ2v) is 13.7. The number of allylic oxidation sites excluding steroid dienone is 2. The number of nitrogens with one attached hydrogen (secondary N) is 1. The van der Waals surface area contributed by atoms with Crippen molar-refractivity contribution in [3.63, 3.8) is 0 Å². The number of benzene rings is 1. The number of ketones is 1. The fourth-order valence-corrected chi connectivity index (χ4v) is 9.08. The van der Waals surface area contributed by atoms with Gasteiger partial charge in [-0.25, -0.2) is 4.79 Å². The minimum absolute atomic E-state index is 0.0243. The minimum Gasteiger partial charge on any atom is -0.508 e. The second-order valence-electron chi connectivity index (χ2n) is 13.7. The van der Waals surface area contributed by atoms with E-state index in [1.54, 1.807) is 19.1 Å². The van der Waals surface area contributed by atoms with Gasteiger partial charge in [-0.1, -0.05) is 36.7 Å². The third-order valence-electron chi connectivity index (χ3n) is 11.3. The first kappa shape index (κ1) is 33.1. The highest BCUT2D eigenvalue weighted by molar-refractivity contribution is 5.96. The molecule has 5 N–H and O–H groups in total. The Morgan fingerprint density at radius 2 is 1.84 bits per heavy atom. The Bertz CT molecular complexity index is 1360. The molecule has 11 heteroatoms. The average Bonchev–Trinajstić information content (AvgIpc) is 3.28. The van der Waals surface area contributed by atoms with E-state index in [0.29, 0.717) is 31.4 Å². The van der Waals surface area contributed by atoms with E-state index in [2.05, 4.69) is 17.4 Å². The molecule has 1 aromatic carbocycles. The maximum atomic E-state index is 12.7. The van der Waals surface area contributed by atoms with Crippen LogP contribution in [0, 0.1) is 28.6 Å². The number of oxime groups is 1. The lowest BCUT2D eigenvalue weighted by Gasteiger charge is -2.60. The summed E-state index contributed by atoms with van der Waals surface area (Å²) in [5.41, 5.74) is -0.0411. The van der Waals surface area contributed by atoms with Crippen LogP contribution >= 0.6 is 0 Å². The monoisotopic (exact) mass is 626 g/mol. The van der Waals surface area contributed by atoms with Gasteiger partial charge in [0.05, 0.1) is 18.4 Å². The number of fused-ring (bicyclic) bond motifs is 5. The van der Waals surface area contributed by atoms with Crippen molar-refractivity contribution in [1.29, 1.82) is 0 Å². The molecule has 0 spiro atoms. The molecule has 45 heavy (non-hydrogen) atoms. The van der Waals surface area contributed by atoms with Gasteiger partial charge in [0.25, 0.3) is 5.91 Å². The van der Waals surface area contributed by atoms with Gasteiger partial charge in [0.2, 0.25) is 0 Å². The smallest absolute Gasteiger partial charge is 0.328 e. The molecule has 3 fully saturated rings. The number of hydrogen-bond acceptors (Lipinski definition) is 10. The predicted octanol–water partition coefficient (Wildman–Crippen LogP) is 2.58. The Labute approximate surface area is 263 Å². The maximum Gasteiger partial charge on any atom is 0.328 e. The van der Waals surface area contributed by atoms with Gasteiger partial charge in [0, 0.05) is 11.8 Å². The van der Waals surface area contributed by atoms with Crippen LogP contribution in [0.2, 0.25) is 0 Å². The van der Waals surface area contributed by atoms with E-state index in [-0.39, 0.29) is 48.6 Å². The molecule has 11 nitrogen and oxygen atoms in total. The first-order valence-electron chi connectivity index (χ1n) is 16.0. The van der Waals surface area contributed by atoms with Gasteiger partial charge in [-0.15, -0.1) is 0 Å². The molecule has 8 atom stereocenters. The highest BCUT2D eigenvalue weighted by Crippen LogP contribution is 2.67. The van der Waals surface area contributed by atoms with Crippen LogP contribution in [0.3, 0.4) is 0 Å². The summed E-state index contributed by atoms with van der Waals surface area (Å²) < 4.78 is 5.13. The number of amides is 1. The zero-order chi connectivity index (χ0) is 32.6. The van der Waals surface area contributed by atoms with Gasteiger partial charge in [0.15, 0.2) is 12.4 Å². The van der Waals surface area contributed by atoms with E-state index < -0.39 is 47.4 Å². The maximum absolute atomic E-state index is 12.7. The number of nitrogens with zero attached hydrogens (tertiary/aromatic N) is 1. The van der Waals surface area contributed by atoms with Crippen LogP contribution in [0.4, 0.5) is 0 Å². The Hall–Kier alpha value is -3.28. The summed E-state index contributed by atoms with van der Waals surface area (Å²) in [6.07, 6.45) is 5.76. The van der Waals surface area contributed by atoms with Gasteiger partial charge < -0.3 is 35.3 Å². The number of carbonyl (C=O) groups is 3. The molecule has 0 heterocycles. The summed E-state index contributed by atoms with van der Waals surface area (Å²) in [6.45, 7) is 4.87. The molecule has 3 saturated carbocycles.